The third-order valence-electron chi connectivity index (χ3n) is 3.27. The largest absolute Gasteiger partial charge is 0.352 e. The highest BCUT2D eigenvalue weighted by molar-refractivity contribution is 7.91. The maximum absolute atomic E-state index is 11.7. The SMILES string of the molecule is O=C(CCNC(=O)c1ccccc1)NC1CCS(=O)(=O)C1. The summed E-state index contributed by atoms with van der Waals surface area (Å²) in [7, 11) is -3.00. The number of hydrogen-bond acceptors (Lipinski definition) is 4. The summed E-state index contributed by atoms with van der Waals surface area (Å²) in [5, 5.41) is 5.33. The van der Waals surface area contributed by atoms with Gasteiger partial charge in [0.15, 0.2) is 9.84 Å². The number of amides is 2. The van der Waals surface area contributed by atoms with E-state index in [9.17, 15) is 18.0 Å². The lowest BCUT2D eigenvalue weighted by atomic mass is 10.2. The summed E-state index contributed by atoms with van der Waals surface area (Å²) in [6.07, 6.45) is 0.597. The van der Waals surface area contributed by atoms with E-state index in [0.29, 0.717) is 12.0 Å². The van der Waals surface area contributed by atoms with Crippen molar-refractivity contribution in [2.24, 2.45) is 0 Å². The Morgan fingerprint density at radius 3 is 2.52 bits per heavy atom. The highest BCUT2D eigenvalue weighted by atomic mass is 32.2. The minimum absolute atomic E-state index is 0.00904. The monoisotopic (exact) mass is 310 g/mol. The molecule has 1 unspecified atom stereocenters. The Hall–Kier alpha value is -1.89. The standard InChI is InChI=1S/C14H18N2O4S/c17-13(16-12-7-9-21(19,20)10-12)6-8-15-14(18)11-4-2-1-3-5-11/h1-5,12H,6-10H2,(H,15,18)(H,16,17). The molecule has 0 bridgehead atoms. The highest BCUT2D eigenvalue weighted by Crippen LogP contribution is 2.11. The second-order valence-corrected chi connectivity index (χ2v) is 7.27. The van der Waals surface area contributed by atoms with E-state index in [1.165, 1.54) is 0 Å². The fourth-order valence-corrected chi connectivity index (χ4v) is 3.86. The van der Waals surface area contributed by atoms with Crippen LogP contribution in [0.1, 0.15) is 23.2 Å². The van der Waals surface area contributed by atoms with Gasteiger partial charge < -0.3 is 10.6 Å². The van der Waals surface area contributed by atoms with Crippen molar-refractivity contribution in [2.75, 3.05) is 18.1 Å². The van der Waals surface area contributed by atoms with Gasteiger partial charge >= 0.3 is 0 Å². The van der Waals surface area contributed by atoms with Gasteiger partial charge in [-0.15, -0.1) is 0 Å². The van der Waals surface area contributed by atoms with Gasteiger partial charge in [-0.05, 0) is 18.6 Å². The van der Waals surface area contributed by atoms with Crippen molar-refractivity contribution in [2.45, 2.75) is 18.9 Å². The fourth-order valence-electron chi connectivity index (χ4n) is 2.19. The van der Waals surface area contributed by atoms with E-state index in [4.69, 9.17) is 0 Å². The molecule has 7 heteroatoms. The first kappa shape index (κ1) is 15.5. The van der Waals surface area contributed by atoms with Crippen LogP contribution in [0.2, 0.25) is 0 Å². The van der Waals surface area contributed by atoms with Gasteiger partial charge in [-0.3, -0.25) is 9.59 Å². The van der Waals surface area contributed by atoms with Gasteiger partial charge in [-0.25, -0.2) is 8.42 Å². The van der Waals surface area contributed by atoms with E-state index in [-0.39, 0.29) is 42.3 Å². The fraction of sp³-hybridized carbons (Fsp3) is 0.429. The van der Waals surface area contributed by atoms with Crippen LogP contribution in [-0.2, 0) is 14.6 Å². The summed E-state index contributed by atoms with van der Waals surface area (Å²) in [6.45, 7) is 0.221. The number of hydrogen-bond donors (Lipinski definition) is 2. The maximum atomic E-state index is 11.7. The maximum Gasteiger partial charge on any atom is 0.251 e. The smallest absolute Gasteiger partial charge is 0.251 e. The molecule has 2 amide bonds. The molecule has 1 heterocycles. The Labute approximate surface area is 123 Å². The molecule has 2 rings (SSSR count). The van der Waals surface area contributed by atoms with Crippen LogP contribution in [0, 0.1) is 0 Å². The Morgan fingerprint density at radius 1 is 1.19 bits per heavy atom. The van der Waals surface area contributed by atoms with E-state index in [1.807, 2.05) is 6.07 Å². The summed E-state index contributed by atoms with van der Waals surface area (Å²) < 4.78 is 22.5. The number of benzene rings is 1. The third-order valence-corrected chi connectivity index (χ3v) is 5.04. The second kappa shape index (κ2) is 6.71. The average molecular weight is 310 g/mol. The van der Waals surface area contributed by atoms with E-state index in [1.54, 1.807) is 24.3 Å². The normalized spacial score (nSPS) is 19.9. The van der Waals surface area contributed by atoms with Crippen molar-refractivity contribution in [3.8, 4) is 0 Å². The zero-order valence-corrected chi connectivity index (χ0v) is 12.4. The highest BCUT2D eigenvalue weighted by Gasteiger charge is 2.28. The quantitative estimate of drug-likeness (QED) is 0.807. The third kappa shape index (κ3) is 4.86. The molecule has 21 heavy (non-hydrogen) atoms. The molecule has 1 aromatic rings. The van der Waals surface area contributed by atoms with Gasteiger partial charge in [-0.2, -0.15) is 0 Å². The van der Waals surface area contributed by atoms with Gasteiger partial charge in [-0.1, -0.05) is 18.2 Å². The minimum atomic E-state index is -3.00. The molecule has 0 saturated carbocycles. The lowest BCUT2D eigenvalue weighted by Crippen LogP contribution is -2.37. The topological polar surface area (TPSA) is 92.3 Å². The molecule has 114 valence electrons. The molecule has 0 spiro atoms. The van der Waals surface area contributed by atoms with E-state index in [2.05, 4.69) is 10.6 Å². The van der Waals surface area contributed by atoms with Crippen molar-refractivity contribution >= 4 is 21.7 Å². The first-order valence-corrected chi connectivity index (χ1v) is 8.61. The van der Waals surface area contributed by atoms with Gasteiger partial charge in [0, 0.05) is 24.6 Å². The Balaban J connectivity index is 1.69. The molecular weight excluding hydrogens is 292 g/mol. The van der Waals surface area contributed by atoms with E-state index in [0.717, 1.165) is 0 Å². The molecule has 0 aliphatic carbocycles. The molecular formula is C14H18N2O4S. The summed E-state index contributed by atoms with van der Waals surface area (Å²) in [5.74, 6) is -0.338. The van der Waals surface area contributed by atoms with E-state index >= 15 is 0 Å². The number of rotatable bonds is 5. The van der Waals surface area contributed by atoms with Gasteiger partial charge in [0.1, 0.15) is 0 Å². The van der Waals surface area contributed by atoms with Crippen LogP contribution in [0.4, 0.5) is 0 Å². The van der Waals surface area contributed by atoms with Crippen LogP contribution in [-0.4, -0.2) is 44.3 Å². The summed E-state index contributed by atoms with van der Waals surface area (Å²) >= 11 is 0. The van der Waals surface area contributed by atoms with Crippen LogP contribution < -0.4 is 10.6 Å². The first-order valence-electron chi connectivity index (χ1n) is 6.79. The molecule has 1 atom stereocenters. The molecule has 1 aliphatic rings. The van der Waals surface area contributed by atoms with Gasteiger partial charge in [0.2, 0.25) is 5.91 Å². The first-order chi connectivity index (χ1) is 9.96. The number of sulfone groups is 1. The molecule has 6 nitrogen and oxygen atoms in total. The molecule has 1 saturated heterocycles. The minimum Gasteiger partial charge on any atom is -0.352 e. The molecule has 2 N–H and O–H groups in total. The Kier molecular flexibility index (Phi) is 4.95. The predicted octanol–water partition coefficient (Wildman–Crippen LogP) is 0.110. The predicted molar refractivity (Wildman–Crippen MR) is 78.6 cm³/mol. The lowest BCUT2D eigenvalue weighted by molar-refractivity contribution is -0.121. The average Bonchev–Trinajstić information content (AvgIpc) is 2.78. The zero-order chi connectivity index (χ0) is 15.3. The zero-order valence-electron chi connectivity index (χ0n) is 11.5. The van der Waals surface area contributed by atoms with Gasteiger partial charge in [0.25, 0.3) is 5.91 Å². The van der Waals surface area contributed by atoms with Gasteiger partial charge in [0.05, 0.1) is 11.5 Å². The Bertz CT molecular complexity index is 613. The van der Waals surface area contributed by atoms with Crippen molar-refractivity contribution < 1.29 is 18.0 Å². The van der Waals surface area contributed by atoms with Crippen molar-refractivity contribution in [1.29, 1.82) is 0 Å². The van der Waals surface area contributed by atoms with Crippen LogP contribution in [0.5, 0.6) is 0 Å². The summed E-state index contributed by atoms with van der Waals surface area (Å²) in [4.78, 5) is 23.4. The summed E-state index contributed by atoms with van der Waals surface area (Å²) in [5.41, 5.74) is 0.541. The second-order valence-electron chi connectivity index (χ2n) is 5.04. The van der Waals surface area contributed by atoms with Crippen LogP contribution in [0.15, 0.2) is 30.3 Å². The van der Waals surface area contributed by atoms with Crippen molar-refractivity contribution in [1.82, 2.24) is 10.6 Å². The molecule has 0 aromatic heterocycles. The van der Waals surface area contributed by atoms with Crippen LogP contribution in [0.3, 0.4) is 0 Å². The van der Waals surface area contributed by atoms with Crippen molar-refractivity contribution in [3.63, 3.8) is 0 Å². The van der Waals surface area contributed by atoms with Crippen LogP contribution in [0.25, 0.3) is 0 Å². The van der Waals surface area contributed by atoms with E-state index < -0.39 is 9.84 Å². The molecule has 1 fully saturated rings. The number of nitrogens with one attached hydrogen (secondary N) is 2. The number of carbonyl (C=O) groups excluding carboxylic acids is 2. The Morgan fingerprint density at radius 2 is 1.90 bits per heavy atom. The lowest BCUT2D eigenvalue weighted by Gasteiger charge is -2.11. The van der Waals surface area contributed by atoms with Crippen LogP contribution >= 0.6 is 0 Å². The van der Waals surface area contributed by atoms with Crippen molar-refractivity contribution in [3.05, 3.63) is 35.9 Å². The molecule has 0 radical (unpaired) electrons. The number of carbonyl (C=O) groups is 2. The summed E-state index contributed by atoms with van der Waals surface area (Å²) in [6, 6.07) is 8.44. The molecule has 1 aliphatic heterocycles. The molecule has 1 aromatic carbocycles.